The van der Waals surface area contributed by atoms with Crippen molar-refractivity contribution in [3.63, 3.8) is 0 Å². The second-order valence-electron chi connectivity index (χ2n) is 7.60. The highest BCUT2D eigenvalue weighted by Crippen LogP contribution is 2.57. The average Bonchev–Trinajstić information content (AvgIpc) is 3.01. The lowest BCUT2D eigenvalue weighted by atomic mass is 9.51. The molecule has 3 aliphatic rings. The zero-order chi connectivity index (χ0) is 16.6. The fourth-order valence-corrected chi connectivity index (χ4v) is 4.98. The van der Waals surface area contributed by atoms with Gasteiger partial charge in [-0.25, -0.2) is 4.98 Å². The number of rotatable bonds is 6. The summed E-state index contributed by atoms with van der Waals surface area (Å²) in [6.45, 7) is 6.90. The van der Waals surface area contributed by atoms with Gasteiger partial charge >= 0.3 is 0 Å². The van der Waals surface area contributed by atoms with E-state index in [9.17, 15) is 0 Å². The summed E-state index contributed by atoms with van der Waals surface area (Å²) in [5.41, 5.74) is 0.401. The van der Waals surface area contributed by atoms with Gasteiger partial charge < -0.3 is 19.4 Å². The van der Waals surface area contributed by atoms with Gasteiger partial charge in [-0.2, -0.15) is 0 Å². The molecule has 4 atom stereocenters. The molecule has 0 bridgehead atoms. The van der Waals surface area contributed by atoms with Crippen molar-refractivity contribution in [3.8, 4) is 0 Å². The average molecular weight is 333 g/mol. The fourth-order valence-electron chi connectivity index (χ4n) is 4.98. The number of aryl methyl sites for hydroxylation is 1. The largest absolute Gasteiger partial charge is 0.378 e. The molecule has 5 nitrogen and oxygen atoms in total. The summed E-state index contributed by atoms with van der Waals surface area (Å²) in [4.78, 5) is 4.60. The van der Waals surface area contributed by atoms with Gasteiger partial charge in [-0.3, -0.25) is 0 Å². The van der Waals surface area contributed by atoms with E-state index in [-0.39, 0.29) is 6.10 Å². The minimum Gasteiger partial charge on any atom is -0.378 e. The van der Waals surface area contributed by atoms with Crippen LogP contribution in [0.25, 0.3) is 0 Å². The van der Waals surface area contributed by atoms with Gasteiger partial charge in [-0.15, -0.1) is 0 Å². The SMILES string of the molecule is CCOC1CC(N[C@H]2CCCO[C@@H]2c2nccn2CC)C12CCC2. The molecular weight excluding hydrogens is 302 g/mol. The predicted molar refractivity (Wildman–Crippen MR) is 92.9 cm³/mol. The van der Waals surface area contributed by atoms with Gasteiger partial charge in [0.15, 0.2) is 0 Å². The van der Waals surface area contributed by atoms with E-state index < -0.39 is 0 Å². The highest BCUT2D eigenvalue weighted by atomic mass is 16.5. The molecule has 0 amide bonds. The Morgan fingerprint density at radius 3 is 2.96 bits per heavy atom. The molecule has 0 radical (unpaired) electrons. The van der Waals surface area contributed by atoms with Gasteiger partial charge in [-0.1, -0.05) is 6.42 Å². The highest BCUT2D eigenvalue weighted by Gasteiger charge is 2.59. The Morgan fingerprint density at radius 1 is 1.38 bits per heavy atom. The smallest absolute Gasteiger partial charge is 0.139 e. The van der Waals surface area contributed by atoms with Crippen LogP contribution in [-0.4, -0.2) is 41.0 Å². The lowest BCUT2D eigenvalue weighted by Crippen LogP contribution is -2.68. The number of ether oxygens (including phenoxy) is 2. The lowest BCUT2D eigenvalue weighted by Gasteiger charge is -2.62. The number of hydrogen-bond donors (Lipinski definition) is 1. The monoisotopic (exact) mass is 333 g/mol. The van der Waals surface area contributed by atoms with Gasteiger partial charge in [0.1, 0.15) is 11.9 Å². The molecule has 2 unspecified atom stereocenters. The standard InChI is InChI=1S/C19H31N3O2/c1-3-22-11-10-20-18(22)17-14(7-5-12-24-17)21-15-13-16(23-4-2)19(15)8-6-9-19/h10-11,14-17,21H,3-9,12-13H2,1-2H3/t14-,15?,16?,17-/m0/s1. The molecule has 1 saturated heterocycles. The molecule has 1 aliphatic heterocycles. The molecule has 24 heavy (non-hydrogen) atoms. The van der Waals surface area contributed by atoms with Crippen molar-refractivity contribution in [2.45, 2.75) is 83.2 Å². The second-order valence-corrected chi connectivity index (χ2v) is 7.60. The lowest BCUT2D eigenvalue weighted by molar-refractivity contribution is -0.179. The first-order valence-electron chi connectivity index (χ1n) is 9.78. The molecule has 1 N–H and O–H groups in total. The molecule has 0 aromatic carbocycles. The highest BCUT2D eigenvalue weighted by molar-refractivity contribution is 5.14. The van der Waals surface area contributed by atoms with E-state index in [0.29, 0.717) is 23.6 Å². The Labute approximate surface area is 145 Å². The maximum atomic E-state index is 6.16. The third kappa shape index (κ3) is 2.61. The third-order valence-electron chi connectivity index (χ3n) is 6.52. The van der Waals surface area contributed by atoms with Gasteiger partial charge in [0.05, 0.1) is 6.10 Å². The van der Waals surface area contributed by atoms with Crippen LogP contribution >= 0.6 is 0 Å². The maximum absolute atomic E-state index is 6.16. The summed E-state index contributed by atoms with van der Waals surface area (Å²) < 4.78 is 14.4. The first-order valence-corrected chi connectivity index (χ1v) is 9.78. The maximum Gasteiger partial charge on any atom is 0.139 e. The van der Waals surface area contributed by atoms with Crippen molar-refractivity contribution in [1.82, 2.24) is 14.9 Å². The van der Waals surface area contributed by atoms with E-state index in [0.717, 1.165) is 38.4 Å². The summed E-state index contributed by atoms with van der Waals surface area (Å²) in [5, 5.41) is 3.97. The number of aromatic nitrogens is 2. The van der Waals surface area contributed by atoms with E-state index in [1.807, 2.05) is 6.20 Å². The van der Waals surface area contributed by atoms with Crippen LogP contribution in [0.4, 0.5) is 0 Å². The predicted octanol–water partition coefficient (Wildman–Crippen LogP) is 3.06. The van der Waals surface area contributed by atoms with E-state index in [2.05, 4.69) is 34.9 Å². The van der Waals surface area contributed by atoms with Crippen LogP contribution in [-0.2, 0) is 16.0 Å². The Morgan fingerprint density at radius 2 is 2.25 bits per heavy atom. The normalized spacial score (nSPS) is 34.8. The molecule has 2 saturated carbocycles. The van der Waals surface area contributed by atoms with Crippen molar-refractivity contribution < 1.29 is 9.47 Å². The molecule has 4 rings (SSSR count). The summed E-state index contributed by atoms with van der Waals surface area (Å²) in [7, 11) is 0. The molecule has 2 heterocycles. The van der Waals surface area contributed by atoms with Crippen LogP contribution in [0.2, 0.25) is 0 Å². The van der Waals surface area contributed by atoms with Crippen LogP contribution in [0.1, 0.15) is 64.3 Å². The first-order chi connectivity index (χ1) is 11.8. The Bertz CT molecular complexity index is 555. The molecular formula is C19H31N3O2. The second kappa shape index (κ2) is 6.77. The number of hydrogen-bond acceptors (Lipinski definition) is 4. The molecule has 1 aromatic heterocycles. The van der Waals surface area contributed by atoms with E-state index >= 15 is 0 Å². The van der Waals surface area contributed by atoms with Crippen molar-refractivity contribution in [2.24, 2.45) is 5.41 Å². The summed E-state index contributed by atoms with van der Waals surface area (Å²) >= 11 is 0. The Hall–Kier alpha value is -0.910. The van der Waals surface area contributed by atoms with E-state index in [1.165, 1.54) is 25.7 Å². The molecule has 1 aromatic rings. The molecule has 134 valence electrons. The molecule has 5 heteroatoms. The van der Waals surface area contributed by atoms with E-state index in [4.69, 9.17) is 9.47 Å². The minimum atomic E-state index is 0.0805. The van der Waals surface area contributed by atoms with Crippen LogP contribution in [0, 0.1) is 5.41 Å². The summed E-state index contributed by atoms with van der Waals surface area (Å²) in [5.74, 6) is 1.08. The van der Waals surface area contributed by atoms with Crippen LogP contribution in [0.5, 0.6) is 0 Å². The van der Waals surface area contributed by atoms with Crippen molar-refractivity contribution in [2.75, 3.05) is 13.2 Å². The van der Waals surface area contributed by atoms with Crippen molar-refractivity contribution >= 4 is 0 Å². The van der Waals surface area contributed by atoms with Crippen LogP contribution in [0.3, 0.4) is 0 Å². The van der Waals surface area contributed by atoms with Crippen LogP contribution < -0.4 is 5.32 Å². The number of imidazole rings is 1. The number of nitrogens with one attached hydrogen (secondary N) is 1. The van der Waals surface area contributed by atoms with Crippen molar-refractivity contribution in [1.29, 1.82) is 0 Å². The van der Waals surface area contributed by atoms with Gasteiger partial charge in [-0.05, 0) is 46.0 Å². The Balaban J connectivity index is 1.47. The van der Waals surface area contributed by atoms with Crippen molar-refractivity contribution in [3.05, 3.63) is 18.2 Å². The zero-order valence-electron chi connectivity index (χ0n) is 15.0. The van der Waals surface area contributed by atoms with Gasteiger partial charge in [0.25, 0.3) is 0 Å². The fraction of sp³-hybridized carbons (Fsp3) is 0.842. The number of nitrogens with zero attached hydrogens (tertiary/aromatic N) is 2. The Kier molecular flexibility index (Phi) is 4.67. The first kappa shape index (κ1) is 16.6. The van der Waals surface area contributed by atoms with E-state index in [1.54, 1.807) is 0 Å². The molecule has 2 aliphatic carbocycles. The minimum absolute atomic E-state index is 0.0805. The third-order valence-corrected chi connectivity index (χ3v) is 6.52. The molecule has 3 fully saturated rings. The van der Waals surface area contributed by atoms with Gasteiger partial charge in [0, 0.05) is 49.7 Å². The quantitative estimate of drug-likeness (QED) is 0.869. The summed E-state index contributed by atoms with van der Waals surface area (Å²) in [6, 6.07) is 0.957. The summed E-state index contributed by atoms with van der Waals surface area (Å²) in [6.07, 6.45) is 12.0. The topological polar surface area (TPSA) is 48.3 Å². The van der Waals surface area contributed by atoms with Gasteiger partial charge in [0.2, 0.25) is 0 Å². The van der Waals surface area contributed by atoms with Crippen LogP contribution in [0.15, 0.2) is 12.4 Å². The molecule has 1 spiro atoms. The zero-order valence-corrected chi connectivity index (χ0v) is 15.0.